The minimum Gasteiger partial charge on any atom is -0.338 e. The van der Waals surface area contributed by atoms with Gasteiger partial charge in [-0.3, -0.25) is 0 Å². The molecule has 0 spiro atoms. The van der Waals surface area contributed by atoms with Crippen LogP contribution in [0.4, 0.5) is 10.5 Å². The van der Waals surface area contributed by atoms with Crippen LogP contribution in [0.2, 0.25) is 0 Å². The molecular formula is C22H30N2O. The monoisotopic (exact) mass is 338 g/mol. The van der Waals surface area contributed by atoms with Gasteiger partial charge in [0.2, 0.25) is 0 Å². The van der Waals surface area contributed by atoms with Crippen molar-refractivity contribution < 1.29 is 4.79 Å². The van der Waals surface area contributed by atoms with Crippen LogP contribution in [0.1, 0.15) is 44.2 Å². The SMILES string of the molecule is CCCc1ccc(CCC(C)CCNC(=O)Nc2ccccc2)cc1. The Balaban J connectivity index is 1.61. The first-order valence-electron chi connectivity index (χ1n) is 9.35. The molecule has 0 heterocycles. The largest absolute Gasteiger partial charge is 0.338 e. The van der Waals surface area contributed by atoms with E-state index in [-0.39, 0.29) is 6.03 Å². The lowest BCUT2D eigenvalue weighted by Gasteiger charge is -2.13. The fraction of sp³-hybridized carbons (Fsp3) is 0.409. The van der Waals surface area contributed by atoms with E-state index in [1.807, 2.05) is 30.3 Å². The normalized spacial score (nSPS) is 11.8. The average Bonchev–Trinajstić information content (AvgIpc) is 2.62. The fourth-order valence-corrected chi connectivity index (χ4v) is 2.85. The summed E-state index contributed by atoms with van der Waals surface area (Å²) in [5.41, 5.74) is 3.65. The van der Waals surface area contributed by atoms with Gasteiger partial charge in [-0.2, -0.15) is 0 Å². The van der Waals surface area contributed by atoms with Crippen LogP contribution >= 0.6 is 0 Å². The van der Waals surface area contributed by atoms with Crippen molar-refractivity contribution in [3.05, 3.63) is 65.7 Å². The van der Waals surface area contributed by atoms with Crippen LogP contribution in [0.15, 0.2) is 54.6 Å². The van der Waals surface area contributed by atoms with Gasteiger partial charge < -0.3 is 10.6 Å². The van der Waals surface area contributed by atoms with E-state index in [1.54, 1.807) is 0 Å². The van der Waals surface area contributed by atoms with Crippen LogP contribution in [0.3, 0.4) is 0 Å². The average molecular weight is 338 g/mol. The lowest BCUT2D eigenvalue weighted by atomic mass is 9.97. The number of carbonyl (C=O) groups is 1. The number of para-hydroxylation sites is 1. The van der Waals surface area contributed by atoms with Gasteiger partial charge in [-0.15, -0.1) is 0 Å². The van der Waals surface area contributed by atoms with E-state index in [2.05, 4.69) is 48.7 Å². The van der Waals surface area contributed by atoms with Crippen LogP contribution in [-0.2, 0) is 12.8 Å². The van der Waals surface area contributed by atoms with Crippen molar-refractivity contribution in [3.8, 4) is 0 Å². The van der Waals surface area contributed by atoms with Gasteiger partial charge in [0.1, 0.15) is 0 Å². The molecule has 0 radical (unpaired) electrons. The summed E-state index contributed by atoms with van der Waals surface area (Å²) in [5, 5.41) is 5.77. The summed E-state index contributed by atoms with van der Waals surface area (Å²) in [6.45, 7) is 5.17. The first-order chi connectivity index (χ1) is 12.2. The summed E-state index contributed by atoms with van der Waals surface area (Å²) in [6, 6.07) is 18.4. The number of nitrogens with one attached hydrogen (secondary N) is 2. The van der Waals surface area contributed by atoms with E-state index in [9.17, 15) is 4.79 Å². The van der Waals surface area contributed by atoms with Gasteiger partial charge in [-0.1, -0.05) is 62.7 Å². The number of amides is 2. The molecule has 3 heteroatoms. The summed E-state index contributed by atoms with van der Waals surface area (Å²) in [7, 11) is 0. The Morgan fingerprint density at radius 3 is 2.20 bits per heavy atom. The van der Waals surface area contributed by atoms with Crippen LogP contribution in [0.5, 0.6) is 0 Å². The lowest BCUT2D eigenvalue weighted by molar-refractivity contribution is 0.251. The van der Waals surface area contributed by atoms with Crippen molar-refractivity contribution in [2.45, 2.75) is 46.0 Å². The highest BCUT2D eigenvalue weighted by Crippen LogP contribution is 2.14. The Hall–Kier alpha value is -2.29. The number of hydrogen-bond donors (Lipinski definition) is 2. The van der Waals surface area contributed by atoms with Crippen molar-refractivity contribution in [2.24, 2.45) is 5.92 Å². The smallest absolute Gasteiger partial charge is 0.319 e. The molecular weight excluding hydrogens is 308 g/mol. The topological polar surface area (TPSA) is 41.1 Å². The van der Waals surface area contributed by atoms with Gasteiger partial charge in [0.25, 0.3) is 0 Å². The van der Waals surface area contributed by atoms with E-state index in [0.29, 0.717) is 12.5 Å². The minimum atomic E-state index is -0.134. The summed E-state index contributed by atoms with van der Waals surface area (Å²) in [4.78, 5) is 11.8. The molecule has 0 aromatic heterocycles. The first-order valence-corrected chi connectivity index (χ1v) is 9.35. The van der Waals surface area contributed by atoms with Crippen molar-refractivity contribution in [1.82, 2.24) is 5.32 Å². The maximum absolute atomic E-state index is 11.8. The summed E-state index contributed by atoms with van der Waals surface area (Å²) in [6.07, 6.45) is 5.60. The van der Waals surface area contributed by atoms with Crippen molar-refractivity contribution in [3.63, 3.8) is 0 Å². The molecule has 134 valence electrons. The van der Waals surface area contributed by atoms with Crippen molar-refractivity contribution in [1.29, 1.82) is 0 Å². The van der Waals surface area contributed by atoms with Gasteiger partial charge in [-0.05, 0) is 54.9 Å². The number of hydrogen-bond acceptors (Lipinski definition) is 1. The maximum Gasteiger partial charge on any atom is 0.319 e. The number of benzene rings is 2. The van der Waals surface area contributed by atoms with Gasteiger partial charge >= 0.3 is 6.03 Å². The molecule has 1 unspecified atom stereocenters. The van der Waals surface area contributed by atoms with Crippen molar-refractivity contribution in [2.75, 3.05) is 11.9 Å². The quantitative estimate of drug-likeness (QED) is 0.630. The number of carbonyl (C=O) groups excluding carboxylic acids is 1. The molecule has 0 aliphatic rings. The molecule has 25 heavy (non-hydrogen) atoms. The predicted molar refractivity (Wildman–Crippen MR) is 106 cm³/mol. The molecule has 0 saturated heterocycles. The lowest BCUT2D eigenvalue weighted by Crippen LogP contribution is -2.30. The molecule has 0 bridgehead atoms. The van der Waals surface area contributed by atoms with E-state index in [1.165, 1.54) is 17.5 Å². The molecule has 1 atom stereocenters. The zero-order valence-electron chi connectivity index (χ0n) is 15.4. The van der Waals surface area contributed by atoms with Gasteiger partial charge in [0.05, 0.1) is 0 Å². The molecule has 2 aromatic rings. The Morgan fingerprint density at radius 2 is 1.56 bits per heavy atom. The van der Waals surface area contributed by atoms with Gasteiger partial charge in [0, 0.05) is 12.2 Å². The van der Waals surface area contributed by atoms with Gasteiger partial charge in [-0.25, -0.2) is 4.79 Å². The maximum atomic E-state index is 11.8. The Kier molecular flexibility index (Phi) is 8.03. The van der Waals surface area contributed by atoms with Crippen LogP contribution in [-0.4, -0.2) is 12.6 Å². The second-order valence-electron chi connectivity index (χ2n) is 6.75. The summed E-state index contributed by atoms with van der Waals surface area (Å²) in [5.74, 6) is 0.590. The Labute approximate surface area is 151 Å². The highest BCUT2D eigenvalue weighted by Gasteiger charge is 2.05. The first kappa shape index (κ1) is 19.0. The number of rotatable bonds is 9. The zero-order valence-corrected chi connectivity index (χ0v) is 15.4. The second kappa shape index (κ2) is 10.5. The molecule has 0 aliphatic heterocycles. The Bertz CT molecular complexity index is 622. The summed E-state index contributed by atoms with van der Waals surface area (Å²) < 4.78 is 0. The number of aryl methyl sites for hydroxylation is 2. The van der Waals surface area contributed by atoms with Crippen LogP contribution in [0, 0.1) is 5.92 Å². The van der Waals surface area contributed by atoms with Crippen molar-refractivity contribution >= 4 is 11.7 Å². The number of anilines is 1. The molecule has 2 amide bonds. The zero-order chi connectivity index (χ0) is 17.9. The standard InChI is InChI=1S/C22H30N2O/c1-3-7-19-12-14-20(15-13-19)11-10-18(2)16-17-23-22(25)24-21-8-5-4-6-9-21/h4-6,8-9,12-15,18H,3,7,10-11,16-17H2,1-2H3,(H2,23,24,25). The molecule has 0 fully saturated rings. The molecule has 2 rings (SSSR count). The second-order valence-corrected chi connectivity index (χ2v) is 6.75. The third kappa shape index (κ3) is 7.42. The molecule has 2 aromatic carbocycles. The molecule has 2 N–H and O–H groups in total. The van der Waals surface area contributed by atoms with E-state index in [4.69, 9.17) is 0 Å². The van der Waals surface area contributed by atoms with Gasteiger partial charge in [0.15, 0.2) is 0 Å². The van der Waals surface area contributed by atoms with E-state index >= 15 is 0 Å². The van der Waals surface area contributed by atoms with E-state index in [0.717, 1.165) is 31.4 Å². The fourth-order valence-electron chi connectivity index (χ4n) is 2.85. The van der Waals surface area contributed by atoms with Crippen LogP contribution in [0.25, 0.3) is 0 Å². The number of urea groups is 1. The highest BCUT2D eigenvalue weighted by molar-refractivity contribution is 5.89. The molecule has 3 nitrogen and oxygen atoms in total. The third-order valence-corrected chi connectivity index (χ3v) is 4.44. The Morgan fingerprint density at radius 1 is 0.920 bits per heavy atom. The predicted octanol–water partition coefficient (Wildman–Crippen LogP) is 5.42. The van der Waals surface area contributed by atoms with Crippen LogP contribution < -0.4 is 10.6 Å². The van der Waals surface area contributed by atoms with E-state index < -0.39 is 0 Å². The third-order valence-electron chi connectivity index (χ3n) is 4.44. The molecule has 0 saturated carbocycles. The highest BCUT2D eigenvalue weighted by atomic mass is 16.2. The summed E-state index contributed by atoms with van der Waals surface area (Å²) >= 11 is 0. The minimum absolute atomic E-state index is 0.134. The molecule has 0 aliphatic carbocycles.